The normalized spacial score (nSPS) is 11.0. The van der Waals surface area contributed by atoms with Gasteiger partial charge in [0.25, 0.3) is 0 Å². The van der Waals surface area contributed by atoms with E-state index in [9.17, 15) is 24.3 Å². The molecule has 3 rings (SSSR count). The summed E-state index contributed by atoms with van der Waals surface area (Å²) in [7, 11) is 0. The third kappa shape index (κ3) is 6.78. The van der Waals surface area contributed by atoms with Crippen molar-refractivity contribution < 1.29 is 39.0 Å². The van der Waals surface area contributed by atoms with Gasteiger partial charge in [0, 0.05) is 22.3 Å². The first-order valence-corrected chi connectivity index (χ1v) is 10.9. The summed E-state index contributed by atoms with van der Waals surface area (Å²) in [5.74, 6) is -3.10. The molecule has 0 saturated heterocycles. The summed E-state index contributed by atoms with van der Waals surface area (Å²) in [6, 6.07) is 17.3. The third-order valence-electron chi connectivity index (χ3n) is 4.50. The number of Topliss-reactive ketones (excluding diaryl/α,β-unsaturated/α-hetero) is 1. The Bertz CT molecular complexity index is 1310. The molecule has 0 saturated carbocycles. The lowest BCUT2D eigenvalue weighted by molar-refractivity contribution is -0.140. The van der Waals surface area contributed by atoms with E-state index in [0.29, 0.717) is 11.3 Å². The topological polar surface area (TPSA) is 140 Å². The van der Waals surface area contributed by atoms with E-state index in [1.165, 1.54) is 37.7 Å². The molecule has 0 heterocycles. The maximum absolute atomic E-state index is 12.3. The number of carbonyl (C=O) groups is 4. The number of oxime groups is 1. The van der Waals surface area contributed by atoms with Gasteiger partial charge in [-0.25, -0.2) is 14.4 Å². The minimum Gasteiger partial charge on any atom is -0.478 e. The molecule has 2 N–H and O–H groups in total. The fourth-order valence-electron chi connectivity index (χ4n) is 2.82. The van der Waals surface area contributed by atoms with Crippen LogP contribution >= 0.6 is 11.8 Å². The predicted octanol–water partition coefficient (Wildman–Crippen LogP) is 5.15. The summed E-state index contributed by atoms with van der Waals surface area (Å²) >= 11 is 1.43. The second-order valence-electron chi connectivity index (χ2n) is 7.11. The molecule has 0 bridgehead atoms. The molecule has 3 aromatic rings. The predicted molar refractivity (Wildman–Crippen MR) is 127 cm³/mol. The van der Waals surface area contributed by atoms with Crippen LogP contribution in [0.4, 0.5) is 0 Å². The maximum Gasteiger partial charge on any atom is 0.339 e. The van der Waals surface area contributed by atoms with Gasteiger partial charge in [-0.2, -0.15) is 0 Å². The average Bonchev–Trinajstić information content (AvgIpc) is 2.83. The molecule has 10 heteroatoms. The van der Waals surface area contributed by atoms with Crippen LogP contribution in [-0.2, 0) is 9.63 Å². The minimum absolute atomic E-state index is 0.0238. The molecule has 0 unspecified atom stereocenters. The van der Waals surface area contributed by atoms with Crippen LogP contribution in [0.1, 0.15) is 44.9 Å². The van der Waals surface area contributed by atoms with Crippen LogP contribution in [0.25, 0.3) is 0 Å². The van der Waals surface area contributed by atoms with Crippen molar-refractivity contribution in [3.63, 3.8) is 0 Å². The van der Waals surface area contributed by atoms with Crippen LogP contribution in [0.3, 0.4) is 0 Å². The second-order valence-corrected chi connectivity index (χ2v) is 8.26. The Morgan fingerprint density at radius 1 is 0.771 bits per heavy atom. The van der Waals surface area contributed by atoms with Gasteiger partial charge in [-0.05, 0) is 73.7 Å². The number of hydrogen-bond donors (Lipinski definition) is 2. The first kappa shape index (κ1) is 25.2. The number of carboxylic acid groups (broad SMARTS) is 2. The molecule has 178 valence electrons. The number of ketones is 1. The Morgan fingerprint density at radius 3 is 1.89 bits per heavy atom. The summed E-state index contributed by atoms with van der Waals surface area (Å²) in [4.78, 5) is 51.9. The molecular formula is C25H19NO8S. The molecule has 35 heavy (non-hydrogen) atoms. The van der Waals surface area contributed by atoms with E-state index in [1.807, 2.05) is 0 Å². The number of hydrogen-bond acceptors (Lipinski definition) is 8. The van der Waals surface area contributed by atoms with Gasteiger partial charge in [0.1, 0.15) is 22.8 Å². The molecular weight excluding hydrogens is 474 g/mol. The van der Waals surface area contributed by atoms with Crippen molar-refractivity contribution in [2.24, 2.45) is 5.16 Å². The quantitative estimate of drug-likeness (QED) is 0.179. The van der Waals surface area contributed by atoms with Crippen molar-refractivity contribution in [1.29, 1.82) is 0 Å². The standard InChI is InChI=1S/C25H19NO8S/c1-14(26-34-15(2)27)23(28)16-3-8-19(9-4-16)35-20-10-6-18(7-11-20)33-22-12-5-17(24(29)30)13-21(22)25(31)32/h3-13H,1-2H3,(H,29,30)(H,31,32). The Balaban J connectivity index is 1.68. The lowest BCUT2D eigenvalue weighted by atomic mass is 10.1. The lowest BCUT2D eigenvalue weighted by Gasteiger charge is -2.10. The summed E-state index contributed by atoms with van der Waals surface area (Å²) < 4.78 is 5.65. The molecule has 0 aliphatic carbocycles. The van der Waals surface area contributed by atoms with Gasteiger partial charge in [-0.15, -0.1) is 0 Å². The second kappa shape index (κ2) is 11.1. The monoisotopic (exact) mass is 493 g/mol. The van der Waals surface area contributed by atoms with Crippen LogP contribution in [0, 0.1) is 0 Å². The highest BCUT2D eigenvalue weighted by Crippen LogP contribution is 2.32. The number of aromatic carboxylic acids is 2. The number of nitrogens with zero attached hydrogens (tertiary/aromatic N) is 1. The van der Waals surface area contributed by atoms with E-state index >= 15 is 0 Å². The molecule has 0 aliphatic heterocycles. The molecule has 3 aromatic carbocycles. The van der Waals surface area contributed by atoms with E-state index in [0.717, 1.165) is 15.9 Å². The van der Waals surface area contributed by atoms with Crippen molar-refractivity contribution in [2.75, 3.05) is 0 Å². The van der Waals surface area contributed by atoms with Gasteiger partial charge in [0.05, 0.1) is 5.56 Å². The van der Waals surface area contributed by atoms with Gasteiger partial charge < -0.3 is 19.8 Å². The lowest BCUT2D eigenvalue weighted by Crippen LogP contribution is -2.11. The zero-order valence-corrected chi connectivity index (χ0v) is 19.4. The highest BCUT2D eigenvalue weighted by molar-refractivity contribution is 7.99. The van der Waals surface area contributed by atoms with E-state index < -0.39 is 17.9 Å². The van der Waals surface area contributed by atoms with Crippen molar-refractivity contribution in [3.05, 3.63) is 83.4 Å². The Kier molecular flexibility index (Phi) is 8.00. The van der Waals surface area contributed by atoms with Crippen LogP contribution in [-0.4, -0.2) is 39.6 Å². The molecule has 0 atom stereocenters. The molecule has 0 amide bonds. The molecule has 9 nitrogen and oxygen atoms in total. The first-order chi connectivity index (χ1) is 16.6. The fourth-order valence-corrected chi connectivity index (χ4v) is 3.63. The van der Waals surface area contributed by atoms with Crippen LogP contribution in [0.2, 0.25) is 0 Å². The Labute approximate surface area is 204 Å². The summed E-state index contributed by atoms with van der Waals surface area (Å²) in [5, 5.41) is 21.9. The van der Waals surface area contributed by atoms with Crippen LogP contribution < -0.4 is 4.74 Å². The molecule has 0 spiro atoms. The van der Waals surface area contributed by atoms with Gasteiger partial charge >= 0.3 is 17.9 Å². The number of carbonyl (C=O) groups excluding carboxylic acids is 2. The highest BCUT2D eigenvalue weighted by atomic mass is 32.2. The zero-order valence-electron chi connectivity index (χ0n) is 18.6. The van der Waals surface area contributed by atoms with Gasteiger partial charge in [-0.1, -0.05) is 16.9 Å². The summed E-state index contributed by atoms with van der Waals surface area (Å²) in [5.41, 5.74) is 0.0432. The number of carboxylic acids is 2. The van der Waals surface area contributed by atoms with Crippen LogP contribution in [0.5, 0.6) is 11.5 Å². The number of rotatable bonds is 9. The molecule has 0 fully saturated rings. The summed E-state index contributed by atoms with van der Waals surface area (Å²) in [6.45, 7) is 2.65. The molecule has 0 radical (unpaired) electrons. The Morgan fingerprint density at radius 2 is 1.34 bits per heavy atom. The van der Waals surface area contributed by atoms with Crippen LogP contribution in [0.15, 0.2) is 81.7 Å². The van der Waals surface area contributed by atoms with E-state index in [4.69, 9.17) is 9.84 Å². The minimum atomic E-state index is -1.30. The van der Waals surface area contributed by atoms with E-state index in [2.05, 4.69) is 9.99 Å². The first-order valence-electron chi connectivity index (χ1n) is 10.1. The SMILES string of the molecule is CC(=O)ON=C(C)C(=O)c1ccc(Sc2ccc(Oc3ccc(C(=O)O)cc3C(=O)O)cc2)cc1. The smallest absolute Gasteiger partial charge is 0.339 e. The van der Waals surface area contributed by atoms with Gasteiger partial charge in [-0.3, -0.25) is 4.79 Å². The van der Waals surface area contributed by atoms with Crippen molar-refractivity contribution >= 4 is 41.2 Å². The zero-order chi connectivity index (χ0) is 25.5. The maximum atomic E-state index is 12.3. The number of ether oxygens (including phenoxy) is 1. The fraction of sp³-hybridized carbons (Fsp3) is 0.0800. The van der Waals surface area contributed by atoms with Gasteiger partial charge in [0.2, 0.25) is 5.78 Å². The van der Waals surface area contributed by atoms with E-state index in [1.54, 1.807) is 48.5 Å². The highest BCUT2D eigenvalue weighted by Gasteiger charge is 2.16. The largest absolute Gasteiger partial charge is 0.478 e. The molecule has 0 aromatic heterocycles. The molecule has 0 aliphatic rings. The third-order valence-corrected chi connectivity index (χ3v) is 5.52. The van der Waals surface area contributed by atoms with Crippen molar-refractivity contribution in [3.8, 4) is 11.5 Å². The van der Waals surface area contributed by atoms with E-state index in [-0.39, 0.29) is 28.4 Å². The van der Waals surface area contributed by atoms with Crippen molar-refractivity contribution in [1.82, 2.24) is 0 Å². The average molecular weight is 493 g/mol. The van der Waals surface area contributed by atoms with Gasteiger partial charge in [0.15, 0.2) is 0 Å². The Hall–Kier alpha value is -4.44. The number of benzene rings is 3. The van der Waals surface area contributed by atoms with Crippen molar-refractivity contribution in [2.45, 2.75) is 23.6 Å². The summed E-state index contributed by atoms with van der Waals surface area (Å²) in [6.07, 6.45) is 0.